The molecule has 0 saturated heterocycles. The van der Waals surface area contributed by atoms with Gasteiger partial charge in [-0.05, 0) is 75.4 Å². The van der Waals surface area contributed by atoms with Crippen LogP contribution in [-0.2, 0) is 5.54 Å². The van der Waals surface area contributed by atoms with Gasteiger partial charge in [-0.1, -0.05) is 25.3 Å². The lowest BCUT2D eigenvalue weighted by atomic mass is 9.80. The molecular weight excluding hydrogens is 450 g/mol. The van der Waals surface area contributed by atoms with Crippen LogP contribution in [0, 0.1) is 6.92 Å². The average Bonchev–Trinajstić information content (AvgIpc) is 3.37. The van der Waals surface area contributed by atoms with Crippen molar-refractivity contribution >= 4 is 28.3 Å². The van der Waals surface area contributed by atoms with E-state index in [1.807, 2.05) is 31.6 Å². The summed E-state index contributed by atoms with van der Waals surface area (Å²) < 4.78 is 0. The maximum absolute atomic E-state index is 4.69. The van der Waals surface area contributed by atoms with Gasteiger partial charge >= 0.3 is 0 Å². The zero-order chi connectivity index (χ0) is 25.2. The second-order valence-corrected chi connectivity index (χ2v) is 10.1. The normalized spacial score (nSPS) is 17.3. The molecule has 0 spiro atoms. The number of fused-ring (bicyclic) bond motifs is 1. The van der Waals surface area contributed by atoms with Crippen LogP contribution in [0.15, 0.2) is 84.9 Å². The molecule has 180 valence electrons. The van der Waals surface area contributed by atoms with E-state index in [-0.39, 0.29) is 0 Å². The molecule has 3 aromatic heterocycles. The predicted octanol–water partition coefficient (Wildman–Crippen LogP) is 7.25. The Kier molecular flexibility index (Phi) is 6.94. The first kappa shape index (κ1) is 24.5. The molecule has 3 N–H and O–H groups in total. The Morgan fingerprint density at radius 2 is 2.06 bits per heavy atom. The first-order valence-electron chi connectivity index (χ1n) is 11.8. The van der Waals surface area contributed by atoms with Crippen molar-refractivity contribution in [2.45, 2.75) is 46.2 Å². The lowest BCUT2D eigenvalue weighted by molar-refractivity contribution is 0.599. The van der Waals surface area contributed by atoms with Crippen molar-refractivity contribution in [1.29, 1.82) is 0 Å². The molecule has 0 amide bonds. The van der Waals surface area contributed by atoms with Gasteiger partial charge in [0.25, 0.3) is 0 Å². The molecule has 1 atom stereocenters. The second kappa shape index (κ2) is 9.92. The lowest BCUT2D eigenvalue weighted by Crippen LogP contribution is -2.45. The molecule has 4 heterocycles. The largest absolute Gasteiger partial charge is 0.383 e. The SMILES string of the molecule is C=C/C(=C\C(=C/C)c1cc2c(cn1)NC2(C)C(=C)Nc1cncc(-c2cccs2)c1C)NC(C)C. The zero-order valence-corrected chi connectivity index (χ0v) is 21.9. The molecule has 0 aromatic carbocycles. The van der Waals surface area contributed by atoms with Crippen LogP contribution in [0.2, 0.25) is 0 Å². The van der Waals surface area contributed by atoms with E-state index in [4.69, 9.17) is 4.98 Å². The first-order valence-corrected chi connectivity index (χ1v) is 12.7. The van der Waals surface area contributed by atoms with Gasteiger partial charge in [0, 0.05) is 39.6 Å². The fourth-order valence-electron chi connectivity index (χ4n) is 4.22. The number of thiophene rings is 1. The Labute approximate surface area is 212 Å². The summed E-state index contributed by atoms with van der Waals surface area (Å²) in [5, 5.41) is 12.6. The van der Waals surface area contributed by atoms with E-state index < -0.39 is 5.54 Å². The molecule has 0 saturated carbocycles. The molecule has 0 aliphatic carbocycles. The van der Waals surface area contributed by atoms with Crippen molar-refractivity contribution < 1.29 is 0 Å². The van der Waals surface area contributed by atoms with Crippen molar-refractivity contribution in [1.82, 2.24) is 15.3 Å². The minimum Gasteiger partial charge on any atom is -0.383 e. The average molecular weight is 484 g/mol. The maximum Gasteiger partial charge on any atom is 0.102 e. The molecule has 1 unspecified atom stereocenters. The monoisotopic (exact) mass is 483 g/mol. The summed E-state index contributed by atoms with van der Waals surface area (Å²) in [5.41, 5.74) is 8.76. The highest BCUT2D eigenvalue weighted by atomic mass is 32.1. The smallest absolute Gasteiger partial charge is 0.102 e. The van der Waals surface area contributed by atoms with Crippen LogP contribution in [0.1, 0.15) is 44.5 Å². The highest BCUT2D eigenvalue weighted by molar-refractivity contribution is 7.13. The maximum atomic E-state index is 4.69. The summed E-state index contributed by atoms with van der Waals surface area (Å²) in [6, 6.07) is 6.65. The Balaban J connectivity index is 1.60. The van der Waals surface area contributed by atoms with Crippen LogP contribution in [-0.4, -0.2) is 16.0 Å². The third kappa shape index (κ3) is 4.80. The molecule has 0 bridgehead atoms. The number of hydrogen-bond acceptors (Lipinski definition) is 6. The third-order valence-electron chi connectivity index (χ3n) is 6.31. The summed E-state index contributed by atoms with van der Waals surface area (Å²) in [6.45, 7) is 18.8. The van der Waals surface area contributed by atoms with Gasteiger partial charge in [0.2, 0.25) is 0 Å². The lowest BCUT2D eigenvalue weighted by Gasteiger charge is -2.44. The van der Waals surface area contributed by atoms with Crippen molar-refractivity contribution in [2.75, 3.05) is 10.6 Å². The van der Waals surface area contributed by atoms with Crippen LogP contribution < -0.4 is 16.0 Å². The van der Waals surface area contributed by atoms with Gasteiger partial charge in [0.15, 0.2) is 0 Å². The summed E-state index contributed by atoms with van der Waals surface area (Å²) in [7, 11) is 0. The van der Waals surface area contributed by atoms with E-state index in [1.54, 1.807) is 11.3 Å². The fourth-order valence-corrected chi connectivity index (χ4v) is 5.02. The van der Waals surface area contributed by atoms with E-state index in [9.17, 15) is 0 Å². The topological polar surface area (TPSA) is 61.9 Å². The quantitative estimate of drug-likeness (QED) is 0.280. The number of hydrogen-bond donors (Lipinski definition) is 3. The minimum absolute atomic E-state index is 0.320. The van der Waals surface area contributed by atoms with Crippen molar-refractivity contribution in [3.05, 3.63) is 102 Å². The van der Waals surface area contributed by atoms with Gasteiger partial charge in [-0.15, -0.1) is 11.3 Å². The molecule has 0 fully saturated rings. The number of aromatic nitrogens is 2. The third-order valence-corrected chi connectivity index (χ3v) is 7.21. The first-order chi connectivity index (χ1) is 16.8. The molecule has 3 aromatic rings. The zero-order valence-electron chi connectivity index (χ0n) is 21.1. The number of anilines is 2. The van der Waals surface area contributed by atoms with Crippen LogP contribution in [0.25, 0.3) is 16.0 Å². The van der Waals surface area contributed by atoms with E-state index in [2.05, 4.69) is 97.5 Å². The van der Waals surface area contributed by atoms with Gasteiger partial charge in [-0.2, -0.15) is 0 Å². The van der Waals surface area contributed by atoms with Gasteiger partial charge in [-0.3, -0.25) is 9.97 Å². The number of nitrogens with one attached hydrogen (secondary N) is 3. The molecule has 0 radical (unpaired) electrons. The van der Waals surface area contributed by atoms with E-state index in [0.717, 1.165) is 50.7 Å². The number of rotatable bonds is 9. The molecule has 5 nitrogen and oxygen atoms in total. The molecule has 4 rings (SSSR count). The van der Waals surface area contributed by atoms with Gasteiger partial charge in [0.05, 0.1) is 29.5 Å². The number of allylic oxidation sites excluding steroid dienone is 4. The van der Waals surface area contributed by atoms with Crippen LogP contribution in [0.5, 0.6) is 0 Å². The van der Waals surface area contributed by atoms with Crippen molar-refractivity contribution in [3.63, 3.8) is 0 Å². The van der Waals surface area contributed by atoms with Crippen molar-refractivity contribution in [2.24, 2.45) is 0 Å². The Morgan fingerprint density at radius 1 is 1.26 bits per heavy atom. The van der Waals surface area contributed by atoms with Gasteiger partial charge in [-0.25, -0.2) is 0 Å². The van der Waals surface area contributed by atoms with E-state index in [0.29, 0.717) is 6.04 Å². The van der Waals surface area contributed by atoms with E-state index in [1.165, 1.54) is 4.88 Å². The summed E-state index contributed by atoms with van der Waals surface area (Å²) in [4.78, 5) is 10.4. The van der Waals surface area contributed by atoms with Crippen LogP contribution in [0.3, 0.4) is 0 Å². The molecule has 35 heavy (non-hydrogen) atoms. The second-order valence-electron chi connectivity index (χ2n) is 9.15. The van der Waals surface area contributed by atoms with Crippen LogP contribution in [0.4, 0.5) is 11.4 Å². The van der Waals surface area contributed by atoms with Crippen molar-refractivity contribution in [3.8, 4) is 10.4 Å². The molecular formula is C29H33N5S. The van der Waals surface area contributed by atoms with E-state index >= 15 is 0 Å². The van der Waals surface area contributed by atoms with Crippen LogP contribution >= 0.6 is 11.3 Å². The minimum atomic E-state index is -0.432. The molecule has 1 aliphatic heterocycles. The predicted molar refractivity (Wildman–Crippen MR) is 150 cm³/mol. The number of nitrogens with zero attached hydrogens (tertiary/aromatic N) is 2. The van der Waals surface area contributed by atoms with Gasteiger partial charge in [0.1, 0.15) is 5.54 Å². The fraction of sp³-hybridized carbons (Fsp3) is 0.241. The summed E-state index contributed by atoms with van der Waals surface area (Å²) in [6.07, 6.45) is 11.7. The molecule has 1 aliphatic rings. The Bertz CT molecular complexity index is 1320. The highest BCUT2D eigenvalue weighted by Gasteiger charge is 2.41. The molecule has 6 heteroatoms. The Morgan fingerprint density at radius 3 is 2.71 bits per heavy atom. The summed E-state index contributed by atoms with van der Waals surface area (Å²) >= 11 is 1.71. The Hall–Kier alpha value is -3.64. The number of pyridine rings is 2. The standard InChI is InChI=1S/C29H33N5S/c1-8-21(13-22(9-2)32-18(3)4)25-14-24-27(17-31-25)34-29(24,7)20(6)33-26-16-30-15-23(19(26)5)28-11-10-12-35-28/h8-18,32-34H,2,6H2,1,3-5,7H3/b21-8+,22-13+. The summed E-state index contributed by atoms with van der Waals surface area (Å²) in [5.74, 6) is 0. The highest BCUT2D eigenvalue weighted by Crippen LogP contribution is 2.46. The van der Waals surface area contributed by atoms with Gasteiger partial charge < -0.3 is 16.0 Å².